The number of aromatic nitrogens is 2. The number of rotatable bonds is 3. The first kappa shape index (κ1) is 16.8. The molecule has 0 aliphatic carbocycles. The Balaban J connectivity index is 1.94. The van der Waals surface area contributed by atoms with Crippen molar-refractivity contribution in [1.29, 1.82) is 0 Å². The van der Waals surface area contributed by atoms with Crippen LogP contribution in [-0.2, 0) is 9.12 Å². The molecule has 3 aromatic rings. The van der Waals surface area contributed by atoms with Gasteiger partial charge in [0.15, 0.2) is 0 Å². The van der Waals surface area contributed by atoms with Crippen molar-refractivity contribution in [3.05, 3.63) is 60.0 Å². The van der Waals surface area contributed by atoms with Crippen LogP contribution in [0.15, 0.2) is 53.1 Å². The monoisotopic (exact) mass is 430 g/mol. The van der Waals surface area contributed by atoms with Crippen molar-refractivity contribution in [2.24, 2.45) is 0 Å². The van der Waals surface area contributed by atoms with Gasteiger partial charge in [0, 0.05) is 10.9 Å². The van der Waals surface area contributed by atoms with Crippen molar-refractivity contribution in [2.45, 2.75) is 9.12 Å². The predicted molar refractivity (Wildman–Crippen MR) is 97.0 cm³/mol. The van der Waals surface area contributed by atoms with Crippen molar-refractivity contribution >= 4 is 50.7 Å². The zero-order valence-corrected chi connectivity index (χ0v) is 15.5. The molecule has 118 valence electrons. The summed E-state index contributed by atoms with van der Waals surface area (Å²) in [6.07, 6.45) is 0. The van der Waals surface area contributed by atoms with Gasteiger partial charge in [0.1, 0.15) is 0 Å². The van der Waals surface area contributed by atoms with E-state index in [9.17, 15) is 0 Å². The third kappa shape index (κ3) is 3.89. The molecule has 0 aliphatic rings. The molecule has 0 N–H and O–H groups in total. The Morgan fingerprint density at radius 3 is 2.26 bits per heavy atom. The Morgan fingerprint density at radius 2 is 1.65 bits per heavy atom. The molecule has 1 aromatic heterocycles. The fourth-order valence-corrected chi connectivity index (χ4v) is 2.68. The van der Waals surface area contributed by atoms with Gasteiger partial charge >= 0.3 is 0 Å². The topological polar surface area (TPSA) is 38.9 Å². The Labute approximate surface area is 156 Å². The molecular formula is C16H10BrCl3N2O. The van der Waals surface area contributed by atoms with E-state index in [4.69, 9.17) is 39.3 Å². The van der Waals surface area contributed by atoms with Gasteiger partial charge in [-0.1, -0.05) is 98.4 Å². The highest BCUT2D eigenvalue weighted by Gasteiger charge is 2.30. The zero-order chi connectivity index (χ0) is 16.4. The highest BCUT2D eigenvalue weighted by molar-refractivity contribution is 9.08. The van der Waals surface area contributed by atoms with Crippen molar-refractivity contribution in [3.8, 4) is 22.5 Å². The van der Waals surface area contributed by atoms with Crippen LogP contribution in [0.2, 0.25) is 0 Å². The van der Waals surface area contributed by atoms with Gasteiger partial charge in [-0.2, -0.15) is 4.98 Å². The molecule has 3 rings (SSSR count). The van der Waals surface area contributed by atoms with Crippen LogP contribution >= 0.6 is 50.7 Å². The molecule has 1 heterocycles. The van der Waals surface area contributed by atoms with E-state index in [2.05, 4.69) is 50.3 Å². The number of nitrogens with zero attached hydrogens (tertiary/aromatic N) is 2. The normalized spacial score (nSPS) is 11.7. The lowest BCUT2D eigenvalue weighted by atomic mass is 10.0. The highest BCUT2D eigenvalue weighted by atomic mass is 79.9. The van der Waals surface area contributed by atoms with Gasteiger partial charge in [-0.05, 0) is 22.8 Å². The molecule has 3 nitrogen and oxygen atoms in total. The number of hydrogen-bond donors (Lipinski definition) is 0. The second-order valence-electron chi connectivity index (χ2n) is 4.83. The molecule has 2 aromatic carbocycles. The maximum Gasteiger partial charge on any atom is 0.279 e. The third-order valence-corrected chi connectivity index (χ3v) is 4.36. The van der Waals surface area contributed by atoms with E-state index in [1.165, 1.54) is 5.56 Å². The Bertz CT molecular complexity index is 813. The van der Waals surface area contributed by atoms with Gasteiger partial charge in [0.05, 0.1) is 0 Å². The van der Waals surface area contributed by atoms with E-state index in [-0.39, 0.29) is 5.89 Å². The van der Waals surface area contributed by atoms with E-state index < -0.39 is 3.79 Å². The standard InChI is InChI=1S/C16H10BrCl3N2O/c17-9-10-4-6-11(7-5-10)12-2-1-3-13(8-12)14-21-15(23-22-14)16(18,19)20/h1-8H,9H2. The van der Waals surface area contributed by atoms with Crippen molar-refractivity contribution in [3.63, 3.8) is 0 Å². The molecule has 7 heteroatoms. The summed E-state index contributed by atoms with van der Waals surface area (Å²) in [5.41, 5.74) is 4.15. The Kier molecular flexibility index (Phi) is 4.97. The molecule has 0 saturated heterocycles. The van der Waals surface area contributed by atoms with E-state index in [0.717, 1.165) is 22.0 Å². The molecular weight excluding hydrogens is 422 g/mol. The third-order valence-electron chi connectivity index (χ3n) is 3.23. The van der Waals surface area contributed by atoms with Gasteiger partial charge < -0.3 is 4.52 Å². The summed E-state index contributed by atoms with van der Waals surface area (Å²) >= 11 is 20.7. The SMILES string of the molecule is ClC(Cl)(Cl)c1nc(-c2cccc(-c3ccc(CBr)cc3)c2)no1. The first-order chi connectivity index (χ1) is 11.0. The maximum atomic E-state index is 5.75. The molecule has 0 saturated carbocycles. The first-order valence-corrected chi connectivity index (χ1v) is 8.89. The van der Waals surface area contributed by atoms with Crippen molar-refractivity contribution in [1.82, 2.24) is 10.1 Å². The van der Waals surface area contributed by atoms with Crippen LogP contribution in [-0.4, -0.2) is 10.1 Å². The van der Waals surface area contributed by atoms with E-state index in [1.54, 1.807) is 0 Å². The van der Waals surface area contributed by atoms with Gasteiger partial charge in [-0.25, -0.2) is 0 Å². The molecule has 23 heavy (non-hydrogen) atoms. The molecule has 0 fully saturated rings. The predicted octanol–water partition coefficient (Wildman–Crippen LogP) is 6.13. The minimum absolute atomic E-state index is 0.0513. The van der Waals surface area contributed by atoms with Gasteiger partial charge in [-0.3, -0.25) is 0 Å². The second-order valence-corrected chi connectivity index (χ2v) is 7.67. The van der Waals surface area contributed by atoms with Crippen LogP contribution in [0.5, 0.6) is 0 Å². The van der Waals surface area contributed by atoms with Gasteiger partial charge in [0.2, 0.25) is 5.82 Å². The lowest BCUT2D eigenvalue weighted by molar-refractivity contribution is 0.383. The average Bonchev–Trinajstić information content (AvgIpc) is 3.05. The minimum Gasteiger partial charge on any atom is -0.334 e. The van der Waals surface area contributed by atoms with Crippen molar-refractivity contribution < 1.29 is 4.52 Å². The smallest absolute Gasteiger partial charge is 0.279 e. The zero-order valence-electron chi connectivity index (χ0n) is 11.6. The number of benzene rings is 2. The summed E-state index contributed by atoms with van der Waals surface area (Å²) in [7, 11) is 0. The maximum absolute atomic E-state index is 5.75. The molecule has 0 atom stereocenters. The van der Waals surface area contributed by atoms with Crippen LogP contribution in [0.25, 0.3) is 22.5 Å². The van der Waals surface area contributed by atoms with E-state index in [1.807, 2.05) is 24.3 Å². The van der Waals surface area contributed by atoms with Gasteiger partial charge in [-0.15, -0.1) is 0 Å². The fourth-order valence-electron chi connectivity index (χ4n) is 2.08. The lowest BCUT2D eigenvalue weighted by Gasteiger charge is -2.04. The summed E-state index contributed by atoms with van der Waals surface area (Å²) in [5.74, 6) is 0.329. The number of hydrogen-bond acceptors (Lipinski definition) is 3. The minimum atomic E-state index is -1.73. The quantitative estimate of drug-likeness (QED) is 0.468. The van der Waals surface area contributed by atoms with Crippen LogP contribution in [0, 0.1) is 0 Å². The molecule has 0 amide bonds. The molecule has 0 unspecified atom stereocenters. The Hall–Kier alpha value is -1.07. The average molecular weight is 433 g/mol. The van der Waals surface area contributed by atoms with E-state index >= 15 is 0 Å². The van der Waals surface area contributed by atoms with Crippen LogP contribution in [0.1, 0.15) is 11.5 Å². The van der Waals surface area contributed by atoms with Crippen LogP contribution in [0.4, 0.5) is 0 Å². The summed E-state index contributed by atoms with van der Waals surface area (Å²) in [4.78, 5) is 4.13. The Morgan fingerprint density at radius 1 is 0.957 bits per heavy atom. The summed E-state index contributed by atoms with van der Waals surface area (Å²) < 4.78 is 3.27. The summed E-state index contributed by atoms with van der Waals surface area (Å²) in [6, 6.07) is 16.1. The fraction of sp³-hybridized carbons (Fsp3) is 0.125. The van der Waals surface area contributed by atoms with E-state index in [0.29, 0.717) is 5.82 Å². The molecule has 0 aliphatic heterocycles. The number of alkyl halides is 4. The molecule has 0 bridgehead atoms. The molecule has 0 spiro atoms. The highest BCUT2D eigenvalue weighted by Crippen LogP contribution is 2.37. The van der Waals surface area contributed by atoms with Crippen molar-refractivity contribution in [2.75, 3.05) is 0 Å². The lowest BCUT2D eigenvalue weighted by Crippen LogP contribution is -1.99. The summed E-state index contributed by atoms with van der Waals surface area (Å²) in [6.45, 7) is 0. The molecule has 0 radical (unpaired) electrons. The van der Waals surface area contributed by atoms with Crippen LogP contribution < -0.4 is 0 Å². The van der Waals surface area contributed by atoms with Gasteiger partial charge in [0.25, 0.3) is 9.68 Å². The summed E-state index contributed by atoms with van der Waals surface area (Å²) in [5, 5.41) is 4.70. The second kappa shape index (κ2) is 6.81. The largest absolute Gasteiger partial charge is 0.334 e. The first-order valence-electron chi connectivity index (χ1n) is 6.64. The number of halogens is 4. The van der Waals surface area contributed by atoms with Crippen LogP contribution in [0.3, 0.4) is 0 Å².